The Morgan fingerprint density at radius 2 is 2.00 bits per heavy atom. The van der Waals surface area contributed by atoms with Crippen LogP contribution >= 0.6 is 0 Å². The van der Waals surface area contributed by atoms with Crippen molar-refractivity contribution in [3.05, 3.63) is 47.9 Å². The molecule has 0 aliphatic heterocycles. The summed E-state index contributed by atoms with van der Waals surface area (Å²) in [6.45, 7) is 2.82. The number of anilines is 2. The molecule has 2 N–H and O–H groups in total. The number of hydrogen-bond donors (Lipinski definition) is 2. The summed E-state index contributed by atoms with van der Waals surface area (Å²) < 4.78 is 0. The molecular weight excluding hydrogens is 224 g/mol. The third-order valence-corrected chi connectivity index (χ3v) is 2.70. The summed E-state index contributed by atoms with van der Waals surface area (Å²) in [6.07, 6.45) is 2.77. The zero-order valence-corrected chi connectivity index (χ0v) is 10.8. The fourth-order valence-electron chi connectivity index (χ4n) is 1.80. The quantitative estimate of drug-likeness (QED) is 0.845. The maximum absolute atomic E-state index is 4.45. The average molecular weight is 242 g/mol. The number of nitrogens with one attached hydrogen (secondary N) is 2. The molecule has 0 fully saturated rings. The van der Waals surface area contributed by atoms with Crippen LogP contribution in [-0.2, 0) is 13.0 Å². The number of hydrogen-bond acceptors (Lipinski definition) is 4. The lowest BCUT2D eigenvalue weighted by Crippen LogP contribution is -2.09. The largest absolute Gasteiger partial charge is 0.340 e. The van der Waals surface area contributed by atoms with Gasteiger partial charge in [0.15, 0.2) is 0 Å². The van der Waals surface area contributed by atoms with Gasteiger partial charge in [0.2, 0.25) is 0 Å². The van der Waals surface area contributed by atoms with Gasteiger partial charge in [0.05, 0.1) is 6.54 Å². The van der Waals surface area contributed by atoms with Crippen LogP contribution in [0.15, 0.2) is 36.5 Å². The molecule has 0 saturated heterocycles. The van der Waals surface area contributed by atoms with Gasteiger partial charge in [-0.15, -0.1) is 0 Å². The molecule has 0 aliphatic rings. The molecule has 0 saturated carbocycles. The maximum Gasteiger partial charge on any atom is 0.144 e. The predicted molar refractivity (Wildman–Crippen MR) is 73.9 cm³/mol. The Labute approximate surface area is 107 Å². The number of aryl methyl sites for hydroxylation is 1. The first-order valence-corrected chi connectivity index (χ1v) is 6.15. The predicted octanol–water partition coefficient (Wildman–Crippen LogP) is 2.50. The van der Waals surface area contributed by atoms with E-state index in [1.54, 1.807) is 6.20 Å². The second-order valence-electron chi connectivity index (χ2n) is 4.02. The van der Waals surface area contributed by atoms with Crippen molar-refractivity contribution in [1.82, 2.24) is 15.3 Å². The van der Waals surface area contributed by atoms with Crippen molar-refractivity contribution in [2.45, 2.75) is 19.9 Å². The molecule has 0 radical (unpaired) electrons. The fourth-order valence-corrected chi connectivity index (χ4v) is 1.80. The number of nitrogens with zero attached hydrogens (tertiary/aromatic N) is 2. The number of para-hydroxylation sites is 1. The molecule has 0 atom stereocenters. The molecule has 1 heterocycles. The number of benzene rings is 1. The van der Waals surface area contributed by atoms with Gasteiger partial charge in [-0.1, -0.05) is 25.1 Å². The van der Waals surface area contributed by atoms with Crippen molar-refractivity contribution in [3.63, 3.8) is 0 Å². The van der Waals surface area contributed by atoms with E-state index in [9.17, 15) is 0 Å². The van der Waals surface area contributed by atoms with Crippen molar-refractivity contribution < 1.29 is 0 Å². The monoisotopic (exact) mass is 242 g/mol. The van der Waals surface area contributed by atoms with Crippen LogP contribution < -0.4 is 10.6 Å². The zero-order chi connectivity index (χ0) is 12.8. The van der Waals surface area contributed by atoms with Gasteiger partial charge >= 0.3 is 0 Å². The van der Waals surface area contributed by atoms with Crippen LogP contribution in [0, 0.1) is 0 Å². The number of aromatic nitrogens is 2. The van der Waals surface area contributed by atoms with Gasteiger partial charge in [0, 0.05) is 11.9 Å². The maximum atomic E-state index is 4.45. The molecule has 0 unspecified atom stereocenters. The van der Waals surface area contributed by atoms with Crippen molar-refractivity contribution >= 4 is 11.5 Å². The molecule has 2 aromatic rings. The second-order valence-corrected chi connectivity index (χ2v) is 4.02. The Hall–Kier alpha value is -1.94. The van der Waals surface area contributed by atoms with E-state index in [4.69, 9.17) is 0 Å². The summed E-state index contributed by atoms with van der Waals surface area (Å²) in [4.78, 5) is 8.65. The van der Waals surface area contributed by atoms with Crippen LogP contribution in [0.25, 0.3) is 0 Å². The number of rotatable bonds is 5. The molecule has 1 aromatic carbocycles. The molecule has 4 heteroatoms. The molecular formula is C14H18N4. The van der Waals surface area contributed by atoms with Crippen LogP contribution in [-0.4, -0.2) is 17.0 Å². The first kappa shape index (κ1) is 12.5. The summed E-state index contributed by atoms with van der Waals surface area (Å²) >= 11 is 0. The van der Waals surface area contributed by atoms with E-state index >= 15 is 0 Å². The van der Waals surface area contributed by atoms with E-state index in [0.29, 0.717) is 6.54 Å². The summed E-state index contributed by atoms with van der Waals surface area (Å²) in [6, 6.07) is 10.1. The first-order valence-electron chi connectivity index (χ1n) is 6.15. The first-order chi connectivity index (χ1) is 8.83. The van der Waals surface area contributed by atoms with Gasteiger partial charge in [0.1, 0.15) is 11.6 Å². The van der Waals surface area contributed by atoms with E-state index < -0.39 is 0 Å². The van der Waals surface area contributed by atoms with Crippen LogP contribution in [0.5, 0.6) is 0 Å². The smallest absolute Gasteiger partial charge is 0.144 e. The highest BCUT2D eigenvalue weighted by Gasteiger charge is 2.02. The molecule has 2 rings (SSSR count). The van der Waals surface area contributed by atoms with Gasteiger partial charge < -0.3 is 10.6 Å². The molecule has 0 aliphatic carbocycles. The Morgan fingerprint density at radius 3 is 2.78 bits per heavy atom. The van der Waals surface area contributed by atoms with E-state index in [1.807, 2.05) is 19.2 Å². The van der Waals surface area contributed by atoms with Crippen molar-refractivity contribution in [3.8, 4) is 0 Å². The molecule has 94 valence electrons. The molecule has 4 nitrogen and oxygen atoms in total. The minimum atomic E-state index is 0.672. The van der Waals surface area contributed by atoms with E-state index in [-0.39, 0.29) is 0 Å². The lowest BCUT2D eigenvalue weighted by Gasteiger charge is -2.10. The van der Waals surface area contributed by atoms with Gasteiger partial charge in [-0.25, -0.2) is 9.97 Å². The highest BCUT2D eigenvalue weighted by molar-refractivity contribution is 5.60. The Balaban J connectivity index is 2.20. The van der Waals surface area contributed by atoms with Crippen molar-refractivity contribution in [2.24, 2.45) is 0 Å². The SMILES string of the molecule is CCc1ccccc1Nc1ccnc(CNC)n1. The van der Waals surface area contributed by atoms with E-state index in [2.05, 4.69) is 45.7 Å². The van der Waals surface area contributed by atoms with Crippen LogP contribution in [0.1, 0.15) is 18.3 Å². The molecule has 0 bridgehead atoms. The summed E-state index contributed by atoms with van der Waals surface area (Å²) in [5.41, 5.74) is 2.39. The summed E-state index contributed by atoms with van der Waals surface area (Å²) in [5.74, 6) is 1.62. The third-order valence-electron chi connectivity index (χ3n) is 2.70. The van der Waals surface area contributed by atoms with Gasteiger partial charge in [0.25, 0.3) is 0 Å². The minimum Gasteiger partial charge on any atom is -0.340 e. The summed E-state index contributed by atoms with van der Waals surface area (Å²) in [7, 11) is 1.88. The molecule has 18 heavy (non-hydrogen) atoms. The molecule has 1 aromatic heterocycles. The van der Waals surface area contributed by atoms with Crippen molar-refractivity contribution in [2.75, 3.05) is 12.4 Å². The Morgan fingerprint density at radius 1 is 1.17 bits per heavy atom. The normalized spacial score (nSPS) is 10.3. The second kappa shape index (κ2) is 6.12. The Bertz CT molecular complexity index is 511. The highest BCUT2D eigenvalue weighted by atomic mass is 15.0. The zero-order valence-electron chi connectivity index (χ0n) is 10.8. The van der Waals surface area contributed by atoms with Gasteiger partial charge in [-0.3, -0.25) is 0 Å². The lowest BCUT2D eigenvalue weighted by atomic mass is 10.1. The van der Waals surface area contributed by atoms with E-state index in [0.717, 1.165) is 23.8 Å². The van der Waals surface area contributed by atoms with Crippen LogP contribution in [0.2, 0.25) is 0 Å². The highest BCUT2D eigenvalue weighted by Crippen LogP contribution is 2.19. The molecule has 0 amide bonds. The van der Waals surface area contributed by atoms with Gasteiger partial charge in [-0.2, -0.15) is 0 Å². The van der Waals surface area contributed by atoms with Crippen LogP contribution in [0.4, 0.5) is 11.5 Å². The minimum absolute atomic E-state index is 0.672. The van der Waals surface area contributed by atoms with Crippen LogP contribution in [0.3, 0.4) is 0 Å². The average Bonchev–Trinajstić information content (AvgIpc) is 2.40. The fraction of sp³-hybridized carbons (Fsp3) is 0.286. The van der Waals surface area contributed by atoms with Crippen molar-refractivity contribution in [1.29, 1.82) is 0 Å². The third kappa shape index (κ3) is 3.05. The topological polar surface area (TPSA) is 49.8 Å². The van der Waals surface area contributed by atoms with Gasteiger partial charge in [-0.05, 0) is 31.2 Å². The Kier molecular flexibility index (Phi) is 4.25. The summed E-state index contributed by atoms with van der Waals surface area (Å²) in [5, 5.41) is 6.39. The van der Waals surface area contributed by atoms with E-state index in [1.165, 1.54) is 5.56 Å². The lowest BCUT2D eigenvalue weighted by molar-refractivity contribution is 0.759. The standard InChI is InChI=1S/C14H18N4/c1-3-11-6-4-5-7-12(11)17-13-8-9-16-14(18-13)10-15-2/h4-9,15H,3,10H2,1-2H3,(H,16,17,18). The molecule has 0 spiro atoms.